The summed E-state index contributed by atoms with van der Waals surface area (Å²) in [5, 5.41) is 74.5. The first-order valence-electron chi connectivity index (χ1n) is 16.3. The fraction of sp³-hybridized carbons (Fsp3) is 0.432. The lowest BCUT2D eigenvalue weighted by atomic mass is 9.66. The van der Waals surface area contributed by atoms with E-state index >= 15 is 0 Å². The van der Waals surface area contributed by atoms with Gasteiger partial charge in [-0.25, -0.2) is 0 Å². The molecule has 7 N–H and O–H groups in total. The van der Waals surface area contributed by atoms with Gasteiger partial charge in [-0.1, -0.05) is 26.0 Å². The normalized spacial score (nSPS) is 22.2. The van der Waals surface area contributed by atoms with E-state index in [-0.39, 0.29) is 77.1 Å². The number of phenolic OH excluding ortho intramolecular Hbond substituents is 3. The van der Waals surface area contributed by atoms with Gasteiger partial charge in [0.15, 0.2) is 5.76 Å². The molecule has 47 heavy (non-hydrogen) atoms. The largest absolute Gasteiger partial charge is 0.508 e. The summed E-state index contributed by atoms with van der Waals surface area (Å²) in [7, 11) is 0. The van der Waals surface area contributed by atoms with Gasteiger partial charge >= 0.3 is 0 Å². The number of rotatable bonds is 9. The quantitative estimate of drug-likeness (QED) is 0.130. The Bertz CT molecular complexity index is 1840. The summed E-state index contributed by atoms with van der Waals surface area (Å²) in [5.74, 6) is -1.74. The fourth-order valence-corrected chi connectivity index (χ4v) is 7.62. The minimum atomic E-state index is -0.815. The van der Waals surface area contributed by atoms with Crippen LogP contribution in [0.3, 0.4) is 0 Å². The van der Waals surface area contributed by atoms with Gasteiger partial charge in [-0.2, -0.15) is 0 Å². The monoisotopic (exact) mass is 646 g/mol. The molecule has 2 aliphatic rings. The Morgan fingerprint density at radius 1 is 0.957 bits per heavy atom. The van der Waals surface area contributed by atoms with Crippen molar-refractivity contribution in [2.24, 2.45) is 17.8 Å². The molecular weight excluding hydrogens is 604 g/mol. The highest BCUT2D eigenvalue weighted by Crippen LogP contribution is 2.54. The number of hydrogen-bond acceptors (Lipinski definition) is 10. The van der Waals surface area contributed by atoms with Crippen molar-refractivity contribution in [2.75, 3.05) is 13.2 Å². The van der Waals surface area contributed by atoms with E-state index in [9.17, 15) is 40.5 Å². The summed E-state index contributed by atoms with van der Waals surface area (Å²) in [4.78, 5) is 14.1. The number of aromatic hydroxyl groups is 4. The van der Waals surface area contributed by atoms with Crippen LogP contribution in [0.1, 0.15) is 67.7 Å². The summed E-state index contributed by atoms with van der Waals surface area (Å²) in [6.07, 6.45) is 1.20. The van der Waals surface area contributed by atoms with E-state index in [1.165, 1.54) is 6.07 Å². The van der Waals surface area contributed by atoms with Crippen LogP contribution in [-0.2, 0) is 12.8 Å². The zero-order chi connectivity index (χ0) is 33.6. The maximum absolute atomic E-state index is 14.1. The third-order valence-electron chi connectivity index (χ3n) is 9.75. The van der Waals surface area contributed by atoms with Crippen LogP contribution in [0.4, 0.5) is 0 Å². The van der Waals surface area contributed by atoms with Gasteiger partial charge < -0.3 is 44.9 Å². The number of aliphatic hydroxyl groups is 3. The van der Waals surface area contributed by atoms with Crippen LogP contribution in [0.15, 0.2) is 51.7 Å². The van der Waals surface area contributed by atoms with E-state index in [4.69, 9.17) is 9.15 Å². The van der Waals surface area contributed by atoms with E-state index in [0.717, 1.165) is 5.56 Å². The predicted octanol–water partition coefficient (Wildman–Crippen LogP) is 5.07. The molecule has 1 fully saturated rings. The van der Waals surface area contributed by atoms with Gasteiger partial charge in [-0.15, -0.1) is 0 Å². The Kier molecular flexibility index (Phi) is 9.11. The Hall–Kier alpha value is -4.25. The van der Waals surface area contributed by atoms with Crippen molar-refractivity contribution in [2.45, 2.75) is 70.5 Å². The van der Waals surface area contributed by atoms with Gasteiger partial charge in [0, 0.05) is 42.1 Å². The molecule has 250 valence electrons. The molecule has 0 saturated heterocycles. The SMILES string of the molecule is CC(C)Cc1cc(-c2oc3cc(O)c4c(c3c(=O)c2O)O[C@H]2[C@@H](CO)[C@H](O)CC[C@H]2[C@@H]4CCCO)cc(Cc2cccc(O)c2)c1O. The van der Waals surface area contributed by atoms with Crippen LogP contribution in [-0.4, -0.2) is 61.2 Å². The van der Waals surface area contributed by atoms with Crippen molar-refractivity contribution in [1.29, 1.82) is 0 Å². The standard InChI is InChI=1S/C37H42O10/c1-18(2)11-20-14-22(15-21(32(20)43)12-19-5-3-6-23(40)13-19)35-34(45)33(44)31-29(46-35)16-28(42)30-24(7-4-10-38)25-8-9-27(41)26(17-39)36(25)47-37(30)31/h3,5-6,13-16,18,24-27,36,38-43,45H,4,7-12,17H2,1-2H3/t24-,25-,26-,27+,36+/m0/s1. The number of fused-ring (bicyclic) bond motifs is 4. The highest BCUT2D eigenvalue weighted by atomic mass is 16.5. The summed E-state index contributed by atoms with van der Waals surface area (Å²) >= 11 is 0. The summed E-state index contributed by atoms with van der Waals surface area (Å²) < 4.78 is 12.6. The minimum absolute atomic E-state index is 0.0247. The van der Waals surface area contributed by atoms with E-state index in [2.05, 4.69) is 0 Å². The van der Waals surface area contributed by atoms with Crippen molar-refractivity contribution in [3.63, 3.8) is 0 Å². The minimum Gasteiger partial charge on any atom is -0.508 e. The molecule has 10 heteroatoms. The predicted molar refractivity (Wildman–Crippen MR) is 175 cm³/mol. The molecule has 0 radical (unpaired) electrons. The van der Waals surface area contributed by atoms with Crippen LogP contribution in [0, 0.1) is 17.8 Å². The molecule has 6 rings (SSSR count). The van der Waals surface area contributed by atoms with Gasteiger partial charge in [0.05, 0.1) is 12.7 Å². The number of aliphatic hydroxyl groups excluding tert-OH is 3. The lowest BCUT2D eigenvalue weighted by molar-refractivity contribution is -0.0795. The fourth-order valence-electron chi connectivity index (χ4n) is 7.62. The topological polar surface area (TPSA) is 181 Å². The molecule has 1 aromatic heterocycles. The van der Waals surface area contributed by atoms with Crippen molar-refractivity contribution < 1.29 is 44.9 Å². The molecular formula is C37H42O10. The summed E-state index contributed by atoms with van der Waals surface area (Å²) in [5.41, 5.74) is 1.78. The Labute approximate surface area is 272 Å². The Morgan fingerprint density at radius 2 is 1.72 bits per heavy atom. The molecule has 1 aliphatic heterocycles. The maximum atomic E-state index is 14.1. The van der Waals surface area contributed by atoms with Crippen LogP contribution in [0.25, 0.3) is 22.3 Å². The van der Waals surface area contributed by atoms with E-state index in [1.54, 1.807) is 30.3 Å². The molecule has 4 aromatic rings. The Morgan fingerprint density at radius 3 is 2.43 bits per heavy atom. The second-order valence-electron chi connectivity index (χ2n) is 13.4. The van der Waals surface area contributed by atoms with Gasteiger partial charge in [0.2, 0.25) is 11.2 Å². The van der Waals surface area contributed by atoms with E-state index in [0.29, 0.717) is 54.4 Å². The number of hydrogen-bond donors (Lipinski definition) is 7. The van der Waals surface area contributed by atoms with E-state index in [1.807, 2.05) is 19.9 Å². The molecule has 0 bridgehead atoms. The molecule has 3 aromatic carbocycles. The van der Waals surface area contributed by atoms with Gasteiger partial charge in [-0.05, 0) is 84.9 Å². The smallest absolute Gasteiger partial charge is 0.238 e. The number of benzene rings is 3. The first-order valence-corrected chi connectivity index (χ1v) is 16.3. The summed E-state index contributed by atoms with van der Waals surface area (Å²) in [6, 6.07) is 11.3. The average molecular weight is 647 g/mol. The molecule has 0 spiro atoms. The molecule has 0 amide bonds. The second kappa shape index (κ2) is 13.1. The van der Waals surface area contributed by atoms with Gasteiger partial charge in [0.25, 0.3) is 0 Å². The highest BCUT2D eigenvalue weighted by molar-refractivity contribution is 5.91. The van der Waals surface area contributed by atoms with Crippen molar-refractivity contribution in [3.8, 4) is 40.1 Å². The van der Waals surface area contributed by atoms with Crippen LogP contribution in [0.2, 0.25) is 0 Å². The van der Waals surface area contributed by atoms with E-state index < -0.39 is 29.3 Å². The maximum Gasteiger partial charge on any atom is 0.238 e. The first kappa shape index (κ1) is 32.7. The second-order valence-corrected chi connectivity index (χ2v) is 13.4. The van der Waals surface area contributed by atoms with Gasteiger partial charge in [0.1, 0.15) is 40.1 Å². The summed E-state index contributed by atoms with van der Waals surface area (Å²) in [6.45, 7) is 3.60. The molecule has 1 saturated carbocycles. The van der Waals surface area contributed by atoms with Crippen LogP contribution in [0.5, 0.6) is 28.7 Å². The van der Waals surface area contributed by atoms with Crippen LogP contribution >= 0.6 is 0 Å². The third kappa shape index (κ3) is 6.01. The number of ether oxygens (including phenoxy) is 1. The first-order chi connectivity index (χ1) is 22.5. The number of phenols is 3. The van der Waals surface area contributed by atoms with Crippen molar-refractivity contribution in [1.82, 2.24) is 0 Å². The average Bonchev–Trinajstić information content (AvgIpc) is 3.02. The zero-order valence-corrected chi connectivity index (χ0v) is 26.5. The molecule has 10 nitrogen and oxygen atoms in total. The third-order valence-corrected chi connectivity index (χ3v) is 9.75. The molecule has 5 atom stereocenters. The molecule has 1 aliphatic carbocycles. The Balaban J connectivity index is 1.53. The molecule has 0 unspecified atom stereocenters. The van der Waals surface area contributed by atoms with Crippen LogP contribution < -0.4 is 10.2 Å². The van der Waals surface area contributed by atoms with Crippen molar-refractivity contribution >= 4 is 11.0 Å². The highest BCUT2D eigenvalue weighted by Gasteiger charge is 2.48. The lowest BCUT2D eigenvalue weighted by Crippen LogP contribution is -2.51. The zero-order valence-electron chi connectivity index (χ0n) is 26.5. The molecule has 2 heterocycles. The van der Waals surface area contributed by atoms with Gasteiger partial charge in [-0.3, -0.25) is 4.79 Å². The lowest BCUT2D eigenvalue weighted by Gasteiger charge is -2.47. The van der Waals surface area contributed by atoms with Crippen molar-refractivity contribution in [3.05, 3.63) is 74.9 Å².